The molecule has 65 heavy (non-hydrogen) atoms. The summed E-state index contributed by atoms with van der Waals surface area (Å²) in [4.78, 5) is 2.32. The average molecular weight is 832 g/mol. The Balaban J connectivity index is 1.10. The smallest absolute Gasteiger partial charge is 0.0619 e. The van der Waals surface area contributed by atoms with Gasteiger partial charge in [0.1, 0.15) is 0 Å². The van der Waals surface area contributed by atoms with Crippen molar-refractivity contribution in [3.8, 4) is 44.8 Å². The largest absolute Gasteiger partial charge is 0.311 e. The van der Waals surface area contributed by atoms with Crippen LogP contribution in [0.1, 0.15) is 11.1 Å². The fraction of sp³-hybridized carbons (Fsp3) is 0.0323. The van der Waals surface area contributed by atoms with Crippen molar-refractivity contribution in [1.82, 2.24) is 9.13 Å². The van der Waals surface area contributed by atoms with Crippen LogP contribution >= 0.6 is 0 Å². The lowest BCUT2D eigenvalue weighted by Gasteiger charge is -2.25. The number of aryl methyl sites for hydroxylation is 2. The quantitative estimate of drug-likeness (QED) is 0.149. The maximum absolute atomic E-state index is 2.50. The number of rotatable bonds is 8. The normalized spacial score (nSPS) is 11.5. The molecule has 0 aliphatic carbocycles. The van der Waals surface area contributed by atoms with E-state index in [1.807, 2.05) is 0 Å². The number of aromatic nitrogens is 2. The molecule has 10 aromatic carbocycles. The highest BCUT2D eigenvalue weighted by Crippen LogP contribution is 2.44. The molecule has 0 atom stereocenters. The first kappa shape index (κ1) is 38.3. The highest BCUT2D eigenvalue weighted by molar-refractivity contribution is 6.17. The van der Waals surface area contributed by atoms with Crippen LogP contribution in [-0.4, -0.2) is 9.13 Å². The van der Waals surface area contributed by atoms with E-state index in [1.54, 1.807) is 0 Å². The molecule has 308 valence electrons. The van der Waals surface area contributed by atoms with E-state index in [4.69, 9.17) is 0 Å². The van der Waals surface area contributed by atoms with Crippen LogP contribution in [0.15, 0.2) is 237 Å². The Labute approximate surface area is 379 Å². The highest BCUT2D eigenvalue weighted by Gasteiger charge is 2.21. The first-order chi connectivity index (χ1) is 32.1. The summed E-state index contributed by atoms with van der Waals surface area (Å²) < 4.78 is 4.89. The first-order valence-corrected chi connectivity index (χ1v) is 22.4. The Bertz CT molecular complexity index is 3670. The third-order valence-corrected chi connectivity index (χ3v) is 13.2. The second kappa shape index (κ2) is 15.7. The monoisotopic (exact) mass is 831 g/mol. The van der Waals surface area contributed by atoms with Crippen LogP contribution in [0.5, 0.6) is 0 Å². The third-order valence-electron chi connectivity index (χ3n) is 13.2. The fourth-order valence-electron chi connectivity index (χ4n) is 10.1. The van der Waals surface area contributed by atoms with E-state index in [1.165, 1.54) is 82.6 Å². The molecule has 0 unspecified atom stereocenters. The summed E-state index contributed by atoms with van der Waals surface area (Å²) in [5, 5.41) is 4.91. The summed E-state index contributed by atoms with van der Waals surface area (Å²) in [7, 11) is 0. The van der Waals surface area contributed by atoms with E-state index in [2.05, 4.69) is 264 Å². The second-order valence-corrected chi connectivity index (χ2v) is 17.1. The molecule has 2 aromatic heterocycles. The van der Waals surface area contributed by atoms with Crippen molar-refractivity contribution in [1.29, 1.82) is 0 Å². The van der Waals surface area contributed by atoms with Gasteiger partial charge in [-0.15, -0.1) is 0 Å². The summed E-state index contributed by atoms with van der Waals surface area (Å²) in [5.41, 5.74) is 20.2. The predicted octanol–water partition coefficient (Wildman–Crippen LogP) is 17.0. The van der Waals surface area contributed by atoms with Crippen LogP contribution in [0.3, 0.4) is 0 Å². The van der Waals surface area contributed by atoms with Crippen LogP contribution in [0.4, 0.5) is 17.1 Å². The number of fused-ring (bicyclic) bond motifs is 6. The van der Waals surface area contributed by atoms with E-state index in [0.29, 0.717) is 0 Å². The summed E-state index contributed by atoms with van der Waals surface area (Å²) >= 11 is 0. The zero-order valence-electron chi connectivity index (χ0n) is 36.4. The summed E-state index contributed by atoms with van der Waals surface area (Å²) in [6.07, 6.45) is 0. The number of hydrogen-bond acceptors (Lipinski definition) is 1. The molecular weight excluding hydrogens is 787 g/mol. The lowest BCUT2D eigenvalue weighted by molar-refractivity contribution is 1.17. The van der Waals surface area contributed by atoms with Gasteiger partial charge in [0.15, 0.2) is 0 Å². The van der Waals surface area contributed by atoms with Gasteiger partial charge in [0.2, 0.25) is 0 Å². The molecule has 0 aliphatic rings. The lowest BCUT2D eigenvalue weighted by Crippen LogP contribution is -2.09. The molecule has 0 N–H and O–H groups in total. The standard InChI is InChI=1S/C62H45N3/c1-42-18-12-13-25-52(42)53-36-35-51(38-43(53)2)65-60-29-17-15-27-55(60)58-41-46(44-30-33-50(34-31-44)63(47-19-6-3-7-20-47)48-21-8-4-9-22-48)40-56(62(58)65)45-32-37-61-57(39-45)54-26-14-16-28-59(54)64(61)49-23-10-5-11-24-49/h3-41H,1-2H3. The van der Waals surface area contributed by atoms with Gasteiger partial charge in [-0.2, -0.15) is 0 Å². The van der Waals surface area contributed by atoms with Crippen molar-refractivity contribution in [3.63, 3.8) is 0 Å². The van der Waals surface area contributed by atoms with Gasteiger partial charge >= 0.3 is 0 Å². The van der Waals surface area contributed by atoms with E-state index < -0.39 is 0 Å². The van der Waals surface area contributed by atoms with E-state index in [-0.39, 0.29) is 0 Å². The molecule has 3 nitrogen and oxygen atoms in total. The fourth-order valence-corrected chi connectivity index (χ4v) is 10.1. The first-order valence-electron chi connectivity index (χ1n) is 22.4. The number of nitrogens with zero attached hydrogens (tertiary/aromatic N) is 3. The van der Waals surface area contributed by atoms with Crippen molar-refractivity contribution in [2.45, 2.75) is 13.8 Å². The third kappa shape index (κ3) is 6.51. The topological polar surface area (TPSA) is 13.1 Å². The van der Waals surface area contributed by atoms with Crippen LogP contribution in [0.25, 0.3) is 88.4 Å². The van der Waals surface area contributed by atoms with Crippen LogP contribution in [-0.2, 0) is 0 Å². The molecule has 0 spiro atoms. The summed E-state index contributed by atoms with van der Waals surface area (Å²) in [6, 6.07) is 86.3. The Morgan fingerprint density at radius 2 is 0.815 bits per heavy atom. The SMILES string of the molecule is Cc1ccccc1-c1ccc(-n2c3ccccc3c3cc(-c4ccc(N(c5ccccc5)c5ccccc5)cc4)cc(-c4ccc5c(c4)c4ccccc4n5-c4ccccc4)c32)cc1C. The van der Waals surface area contributed by atoms with Crippen molar-refractivity contribution < 1.29 is 0 Å². The predicted molar refractivity (Wildman–Crippen MR) is 276 cm³/mol. The number of anilines is 3. The molecule has 0 bridgehead atoms. The van der Waals surface area contributed by atoms with Gasteiger partial charge in [0.25, 0.3) is 0 Å². The Kier molecular flexibility index (Phi) is 9.28. The van der Waals surface area contributed by atoms with Crippen LogP contribution in [0.2, 0.25) is 0 Å². The maximum atomic E-state index is 2.50. The molecule has 0 radical (unpaired) electrons. The molecule has 3 heteroatoms. The van der Waals surface area contributed by atoms with Gasteiger partial charge in [-0.25, -0.2) is 0 Å². The highest BCUT2D eigenvalue weighted by atomic mass is 15.1. The molecule has 0 fully saturated rings. The van der Waals surface area contributed by atoms with Crippen molar-refractivity contribution in [2.75, 3.05) is 4.90 Å². The molecule has 0 amide bonds. The van der Waals surface area contributed by atoms with Gasteiger partial charge < -0.3 is 14.0 Å². The second-order valence-electron chi connectivity index (χ2n) is 17.1. The zero-order chi connectivity index (χ0) is 43.4. The number of hydrogen-bond donors (Lipinski definition) is 0. The van der Waals surface area contributed by atoms with E-state index >= 15 is 0 Å². The average Bonchev–Trinajstić information content (AvgIpc) is 3.88. The summed E-state index contributed by atoms with van der Waals surface area (Å²) in [5.74, 6) is 0. The Morgan fingerprint density at radius 3 is 1.49 bits per heavy atom. The van der Waals surface area contributed by atoms with Crippen molar-refractivity contribution in [3.05, 3.63) is 248 Å². The molecule has 12 rings (SSSR count). The van der Waals surface area contributed by atoms with Crippen LogP contribution in [0, 0.1) is 13.8 Å². The summed E-state index contributed by atoms with van der Waals surface area (Å²) in [6.45, 7) is 4.44. The van der Waals surface area contributed by atoms with E-state index in [0.717, 1.165) is 34.0 Å². The molecule has 0 saturated heterocycles. The molecule has 12 aromatic rings. The van der Waals surface area contributed by atoms with Crippen LogP contribution < -0.4 is 4.90 Å². The van der Waals surface area contributed by atoms with E-state index in [9.17, 15) is 0 Å². The van der Waals surface area contributed by atoms with Gasteiger partial charge in [-0.05, 0) is 150 Å². The van der Waals surface area contributed by atoms with Gasteiger partial charge in [-0.3, -0.25) is 0 Å². The maximum Gasteiger partial charge on any atom is 0.0619 e. The van der Waals surface area contributed by atoms with Gasteiger partial charge in [0.05, 0.1) is 22.1 Å². The van der Waals surface area contributed by atoms with Gasteiger partial charge in [0, 0.05) is 55.5 Å². The molecule has 0 aliphatic heterocycles. The lowest BCUT2D eigenvalue weighted by atomic mass is 9.94. The molecule has 0 saturated carbocycles. The zero-order valence-corrected chi connectivity index (χ0v) is 36.4. The Morgan fingerprint density at radius 1 is 0.292 bits per heavy atom. The minimum Gasteiger partial charge on any atom is -0.311 e. The van der Waals surface area contributed by atoms with Crippen molar-refractivity contribution >= 4 is 60.7 Å². The number of benzene rings is 10. The Hall–Kier alpha value is -8.40. The number of para-hydroxylation sites is 5. The molecular formula is C62H45N3. The van der Waals surface area contributed by atoms with Crippen molar-refractivity contribution in [2.24, 2.45) is 0 Å². The minimum absolute atomic E-state index is 1.11. The van der Waals surface area contributed by atoms with Gasteiger partial charge in [-0.1, -0.05) is 140 Å². The minimum atomic E-state index is 1.11. The molecule has 2 heterocycles.